The highest BCUT2D eigenvalue weighted by Crippen LogP contribution is 2.14. The van der Waals surface area contributed by atoms with Crippen molar-refractivity contribution in [1.29, 1.82) is 0 Å². The van der Waals surface area contributed by atoms with Gasteiger partial charge in [0.1, 0.15) is 0 Å². The van der Waals surface area contributed by atoms with Crippen molar-refractivity contribution < 1.29 is 0 Å². The average molecular weight is 230 g/mol. The first-order valence-electron chi connectivity index (χ1n) is 6.66. The van der Waals surface area contributed by atoms with E-state index in [9.17, 15) is 0 Å². The molecule has 17 heavy (non-hydrogen) atoms. The van der Waals surface area contributed by atoms with Gasteiger partial charge in [0.25, 0.3) is 0 Å². The summed E-state index contributed by atoms with van der Waals surface area (Å²) in [7, 11) is 0. The molecule has 0 saturated carbocycles. The zero-order valence-electron chi connectivity index (χ0n) is 10.7. The van der Waals surface area contributed by atoms with Crippen LogP contribution in [0.2, 0.25) is 0 Å². The fourth-order valence-electron chi connectivity index (χ4n) is 2.14. The Labute approximate surface area is 104 Å². The van der Waals surface area contributed by atoms with Crippen molar-refractivity contribution >= 4 is 10.9 Å². The molecular weight excluding hydrogens is 208 g/mol. The first-order chi connectivity index (χ1) is 8.42. The Hall–Kier alpha value is -1.28. The Morgan fingerprint density at radius 3 is 2.76 bits per heavy atom. The van der Waals surface area contributed by atoms with Crippen molar-refractivity contribution in [2.45, 2.75) is 32.7 Å². The van der Waals surface area contributed by atoms with Crippen molar-refractivity contribution in [2.75, 3.05) is 13.1 Å². The van der Waals surface area contributed by atoms with Gasteiger partial charge >= 0.3 is 0 Å². The fraction of sp³-hybridized carbons (Fsp3) is 0.467. The number of aromatic nitrogens is 1. The summed E-state index contributed by atoms with van der Waals surface area (Å²) in [5.41, 5.74) is 1.35. The molecule has 0 spiro atoms. The SMILES string of the molecule is CCCCNCCCn1ccc2ccccc21. The first-order valence-corrected chi connectivity index (χ1v) is 6.66. The maximum Gasteiger partial charge on any atom is 0.0480 e. The van der Waals surface area contributed by atoms with E-state index in [0.717, 1.165) is 19.6 Å². The summed E-state index contributed by atoms with van der Waals surface area (Å²) in [6, 6.07) is 10.8. The second-order valence-corrected chi connectivity index (χ2v) is 4.53. The zero-order chi connectivity index (χ0) is 11.9. The van der Waals surface area contributed by atoms with Crippen LogP contribution in [0.15, 0.2) is 36.5 Å². The van der Waals surface area contributed by atoms with E-state index in [4.69, 9.17) is 0 Å². The highest BCUT2D eigenvalue weighted by atomic mass is 15.0. The molecule has 2 rings (SSSR count). The van der Waals surface area contributed by atoms with E-state index in [1.807, 2.05) is 0 Å². The summed E-state index contributed by atoms with van der Waals surface area (Å²) >= 11 is 0. The van der Waals surface area contributed by atoms with Crippen molar-refractivity contribution in [3.05, 3.63) is 36.5 Å². The van der Waals surface area contributed by atoms with E-state index >= 15 is 0 Å². The van der Waals surface area contributed by atoms with E-state index in [1.165, 1.54) is 30.2 Å². The summed E-state index contributed by atoms with van der Waals surface area (Å²) in [5.74, 6) is 0. The summed E-state index contributed by atoms with van der Waals surface area (Å²) < 4.78 is 2.34. The Morgan fingerprint density at radius 1 is 1.06 bits per heavy atom. The fourth-order valence-corrected chi connectivity index (χ4v) is 2.14. The van der Waals surface area contributed by atoms with Gasteiger partial charge in [-0.25, -0.2) is 0 Å². The van der Waals surface area contributed by atoms with Gasteiger partial charge in [-0.1, -0.05) is 31.5 Å². The highest BCUT2D eigenvalue weighted by molar-refractivity contribution is 5.79. The molecule has 0 amide bonds. The Bertz CT molecular complexity index is 445. The molecule has 2 nitrogen and oxygen atoms in total. The Kier molecular flexibility index (Phi) is 4.63. The van der Waals surface area contributed by atoms with Crippen LogP contribution in [0.1, 0.15) is 26.2 Å². The van der Waals surface area contributed by atoms with Crippen LogP contribution < -0.4 is 5.32 Å². The van der Waals surface area contributed by atoms with E-state index in [0.29, 0.717) is 0 Å². The van der Waals surface area contributed by atoms with Crippen LogP contribution in [0.25, 0.3) is 10.9 Å². The summed E-state index contributed by atoms with van der Waals surface area (Å²) in [4.78, 5) is 0. The first kappa shape index (κ1) is 12.2. The lowest BCUT2D eigenvalue weighted by atomic mass is 10.2. The molecule has 0 saturated heterocycles. The molecular formula is C15H22N2. The summed E-state index contributed by atoms with van der Waals surface area (Å²) in [5, 5.41) is 4.82. The summed E-state index contributed by atoms with van der Waals surface area (Å²) in [6.45, 7) is 5.61. The number of unbranched alkanes of at least 4 members (excludes halogenated alkanes) is 1. The molecule has 0 aliphatic heterocycles. The maximum absolute atomic E-state index is 3.48. The number of rotatable bonds is 7. The van der Waals surface area contributed by atoms with E-state index in [-0.39, 0.29) is 0 Å². The van der Waals surface area contributed by atoms with Gasteiger partial charge in [0.2, 0.25) is 0 Å². The van der Waals surface area contributed by atoms with Crippen molar-refractivity contribution in [2.24, 2.45) is 0 Å². The van der Waals surface area contributed by atoms with E-state index < -0.39 is 0 Å². The van der Waals surface area contributed by atoms with Crippen molar-refractivity contribution in [3.63, 3.8) is 0 Å². The van der Waals surface area contributed by atoms with Gasteiger partial charge in [0.05, 0.1) is 0 Å². The van der Waals surface area contributed by atoms with E-state index in [2.05, 4.69) is 53.3 Å². The number of aryl methyl sites for hydroxylation is 1. The molecule has 92 valence electrons. The molecule has 0 radical (unpaired) electrons. The second kappa shape index (κ2) is 6.45. The highest BCUT2D eigenvalue weighted by Gasteiger charge is 1.98. The molecule has 1 N–H and O–H groups in total. The quantitative estimate of drug-likeness (QED) is 0.721. The van der Waals surface area contributed by atoms with Crippen LogP contribution in [0.4, 0.5) is 0 Å². The van der Waals surface area contributed by atoms with Crippen LogP contribution in [0, 0.1) is 0 Å². The smallest absolute Gasteiger partial charge is 0.0480 e. The van der Waals surface area contributed by atoms with Crippen LogP contribution >= 0.6 is 0 Å². The average Bonchev–Trinajstić information content (AvgIpc) is 2.77. The molecule has 0 aliphatic carbocycles. The number of hydrogen-bond donors (Lipinski definition) is 1. The zero-order valence-corrected chi connectivity index (χ0v) is 10.7. The van der Waals surface area contributed by atoms with Crippen molar-refractivity contribution in [1.82, 2.24) is 9.88 Å². The van der Waals surface area contributed by atoms with Crippen LogP contribution in [0.5, 0.6) is 0 Å². The monoisotopic (exact) mass is 230 g/mol. The molecule has 1 aromatic carbocycles. The molecule has 0 atom stereocenters. The molecule has 1 aromatic heterocycles. The summed E-state index contributed by atoms with van der Waals surface area (Å²) in [6.07, 6.45) is 5.95. The third-order valence-electron chi connectivity index (χ3n) is 3.14. The maximum atomic E-state index is 3.48. The molecule has 2 heteroatoms. The van der Waals surface area contributed by atoms with Gasteiger partial charge in [-0.2, -0.15) is 0 Å². The van der Waals surface area contributed by atoms with E-state index in [1.54, 1.807) is 0 Å². The third-order valence-corrected chi connectivity index (χ3v) is 3.14. The lowest BCUT2D eigenvalue weighted by Gasteiger charge is -2.06. The molecule has 0 fully saturated rings. The number of fused-ring (bicyclic) bond motifs is 1. The van der Waals surface area contributed by atoms with Gasteiger partial charge in [0, 0.05) is 18.3 Å². The van der Waals surface area contributed by atoms with Gasteiger partial charge < -0.3 is 9.88 Å². The number of para-hydroxylation sites is 1. The molecule has 0 bridgehead atoms. The number of nitrogens with zero attached hydrogens (tertiary/aromatic N) is 1. The minimum absolute atomic E-state index is 1.10. The minimum Gasteiger partial charge on any atom is -0.347 e. The van der Waals surface area contributed by atoms with Gasteiger partial charge in [-0.15, -0.1) is 0 Å². The number of hydrogen-bond acceptors (Lipinski definition) is 1. The van der Waals surface area contributed by atoms with Crippen LogP contribution in [0.3, 0.4) is 0 Å². The van der Waals surface area contributed by atoms with Gasteiger partial charge in [-0.3, -0.25) is 0 Å². The lowest BCUT2D eigenvalue weighted by Crippen LogP contribution is -2.17. The van der Waals surface area contributed by atoms with Gasteiger partial charge in [0.15, 0.2) is 0 Å². The topological polar surface area (TPSA) is 17.0 Å². The van der Waals surface area contributed by atoms with Crippen LogP contribution in [-0.2, 0) is 6.54 Å². The molecule has 0 unspecified atom stereocenters. The Morgan fingerprint density at radius 2 is 1.88 bits per heavy atom. The minimum atomic E-state index is 1.10. The normalized spacial score (nSPS) is 11.1. The molecule has 0 aliphatic rings. The largest absolute Gasteiger partial charge is 0.347 e. The predicted molar refractivity (Wildman–Crippen MR) is 74.3 cm³/mol. The molecule has 1 heterocycles. The standard InChI is InChI=1S/C15H22N2/c1-2-3-10-16-11-6-12-17-13-9-14-7-4-5-8-15(14)17/h4-5,7-9,13,16H,2-3,6,10-12H2,1H3. The lowest BCUT2D eigenvalue weighted by molar-refractivity contribution is 0.576. The predicted octanol–water partition coefficient (Wildman–Crippen LogP) is 3.42. The number of benzene rings is 1. The Balaban J connectivity index is 1.79. The number of nitrogens with one attached hydrogen (secondary N) is 1. The van der Waals surface area contributed by atoms with Gasteiger partial charge in [-0.05, 0) is 43.5 Å². The third kappa shape index (κ3) is 3.34. The second-order valence-electron chi connectivity index (χ2n) is 4.53. The van der Waals surface area contributed by atoms with Crippen LogP contribution in [-0.4, -0.2) is 17.7 Å². The van der Waals surface area contributed by atoms with Crippen molar-refractivity contribution in [3.8, 4) is 0 Å². The molecule has 2 aromatic rings.